The highest BCUT2D eigenvalue weighted by molar-refractivity contribution is 5.59. The maximum absolute atomic E-state index is 10.5. The van der Waals surface area contributed by atoms with Gasteiger partial charge in [0.25, 0.3) is 6.29 Å². The number of aryl methyl sites for hydroxylation is 4. The molecule has 0 spiro atoms. The van der Waals surface area contributed by atoms with Crippen molar-refractivity contribution in [1.29, 1.82) is 0 Å². The van der Waals surface area contributed by atoms with Gasteiger partial charge in [-0.3, -0.25) is 0 Å². The van der Waals surface area contributed by atoms with Gasteiger partial charge in [-0.15, -0.1) is 0 Å². The number of phenolic OH excluding ortho intramolecular Hbond substituents is 1. The van der Waals surface area contributed by atoms with Crippen LogP contribution >= 0.6 is 0 Å². The minimum atomic E-state index is -0.526. The van der Waals surface area contributed by atoms with Gasteiger partial charge in [0.2, 0.25) is 5.75 Å². The van der Waals surface area contributed by atoms with Gasteiger partial charge in [-0.05, 0) is 126 Å². The van der Waals surface area contributed by atoms with Crippen LogP contribution in [0.1, 0.15) is 75.1 Å². The maximum atomic E-state index is 10.5. The standard InChI is InChI=1S/C43H44O6/c1-42(2)20-5-21-43(3)25-32-35(24-37(42)43)47-41-39(32)48-38-29-14-10-26-11-16-30(17-12-26)45-36-23-28(13-18-33(36)44)9-8-27-6-4-7-31(22-27)46-34(19-15-29)40(38)49-41/h4,6-7,11-13,15-19,22-23,37,39,41,44H,5,8-10,14,20-21,24-25H2,1-3H3/t37?,39-,41-,43+/m0/s1. The average Bonchev–Trinajstić information content (AvgIpc) is 3.43. The molecule has 1 unspecified atom stereocenters. The summed E-state index contributed by atoms with van der Waals surface area (Å²) in [4.78, 5) is 0. The van der Waals surface area contributed by atoms with E-state index in [2.05, 4.69) is 51.1 Å². The van der Waals surface area contributed by atoms with Crippen LogP contribution in [0.2, 0.25) is 0 Å². The van der Waals surface area contributed by atoms with Gasteiger partial charge in [-0.2, -0.15) is 0 Å². The Hall–Kier alpha value is -4.58. The number of aromatic hydroxyl groups is 1. The largest absolute Gasteiger partial charge is 0.504 e. The predicted molar refractivity (Wildman–Crippen MR) is 188 cm³/mol. The van der Waals surface area contributed by atoms with Gasteiger partial charge in [0.05, 0.1) is 0 Å². The Labute approximate surface area is 288 Å². The van der Waals surface area contributed by atoms with Gasteiger partial charge in [-0.25, -0.2) is 0 Å². The number of allylic oxidation sites excluding steroid dienone is 1. The van der Waals surface area contributed by atoms with E-state index < -0.39 is 6.29 Å². The third-order valence-electron chi connectivity index (χ3n) is 11.9. The number of fused-ring (bicyclic) bond motifs is 3. The Morgan fingerprint density at radius 1 is 0.673 bits per heavy atom. The van der Waals surface area contributed by atoms with Crippen LogP contribution in [0.3, 0.4) is 0 Å². The van der Waals surface area contributed by atoms with E-state index in [9.17, 15) is 5.11 Å². The van der Waals surface area contributed by atoms with Crippen molar-refractivity contribution < 1.29 is 28.8 Å². The van der Waals surface area contributed by atoms with Crippen LogP contribution in [0.5, 0.6) is 40.2 Å². The topological polar surface area (TPSA) is 66.4 Å². The molecule has 252 valence electrons. The molecule has 1 fully saturated rings. The fraction of sp³-hybridized carbons (Fsp3) is 0.395. The fourth-order valence-corrected chi connectivity index (χ4v) is 9.24. The summed E-state index contributed by atoms with van der Waals surface area (Å²) in [5.41, 5.74) is 6.29. The highest BCUT2D eigenvalue weighted by Crippen LogP contribution is 2.62. The van der Waals surface area contributed by atoms with E-state index in [1.54, 1.807) is 6.07 Å². The zero-order valence-corrected chi connectivity index (χ0v) is 28.6. The lowest BCUT2D eigenvalue weighted by molar-refractivity contribution is -0.0984. The van der Waals surface area contributed by atoms with Crippen LogP contribution in [0.25, 0.3) is 0 Å². The average molecular weight is 657 g/mol. The molecule has 49 heavy (non-hydrogen) atoms. The first-order valence-corrected chi connectivity index (χ1v) is 17.9. The molecule has 12 rings (SSSR count). The van der Waals surface area contributed by atoms with Gasteiger partial charge in [0.1, 0.15) is 17.3 Å². The van der Waals surface area contributed by atoms with Crippen molar-refractivity contribution in [2.75, 3.05) is 0 Å². The number of phenols is 1. The summed E-state index contributed by atoms with van der Waals surface area (Å²) in [5, 5.41) is 10.5. The molecule has 6 heterocycles. The summed E-state index contributed by atoms with van der Waals surface area (Å²) in [6, 6.07) is 26.0. The SMILES string of the molecule is CC1(C)CCC[C@]2(C)CC3=C(CC12)O[C@H]1Oc2c4ccc(c2O[C@@H]31)CCc1ccc(cc1)Oc1cc(ccc1O)CCc1cccc(c1)O4. The summed E-state index contributed by atoms with van der Waals surface area (Å²) in [6.07, 6.45) is 8.09. The normalized spacial score (nSPS) is 26.4. The Bertz CT molecular complexity index is 1960. The molecule has 4 aromatic rings. The van der Waals surface area contributed by atoms with Crippen LogP contribution < -0.4 is 18.9 Å². The summed E-state index contributed by atoms with van der Waals surface area (Å²) in [7, 11) is 0. The number of rotatable bonds is 0. The lowest BCUT2D eigenvalue weighted by Crippen LogP contribution is -2.46. The highest BCUT2D eigenvalue weighted by atomic mass is 16.7. The fourth-order valence-electron chi connectivity index (χ4n) is 9.24. The number of hydrogen-bond acceptors (Lipinski definition) is 6. The first-order chi connectivity index (χ1) is 23.7. The van der Waals surface area contributed by atoms with Crippen molar-refractivity contribution >= 4 is 0 Å². The molecule has 8 bridgehead atoms. The van der Waals surface area contributed by atoms with Crippen molar-refractivity contribution in [3.8, 4) is 40.2 Å². The molecule has 0 radical (unpaired) electrons. The van der Waals surface area contributed by atoms with E-state index in [1.807, 2.05) is 42.5 Å². The summed E-state index contributed by atoms with van der Waals surface area (Å²) in [5.74, 6) is 5.67. The minimum Gasteiger partial charge on any atom is -0.504 e. The lowest BCUT2D eigenvalue weighted by atomic mass is 9.51. The maximum Gasteiger partial charge on any atom is 0.281 e. The first-order valence-electron chi connectivity index (χ1n) is 17.9. The Morgan fingerprint density at radius 3 is 2.31 bits per heavy atom. The second-order valence-corrected chi connectivity index (χ2v) is 15.7. The lowest BCUT2D eigenvalue weighted by Gasteiger charge is -2.53. The zero-order chi connectivity index (χ0) is 33.3. The van der Waals surface area contributed by atoms with Crippen molar-refractivity contribution in [2.45, 2.75) is 91.0 Å². The van der Waals surface area contributed by atoms with E-state index in [4.69, 9.17) is 23.7 Å². The molecular formula is C43H44O6. The number of ether oxygens (including phenoxy) is 5. The Kier molecular flexibility index (Phi) is 7.15. The summed E-state index contributed by atoms with van der Waals surface area (Å²) in [6.45, 7) is 7.36. The van der Waals surface area contributed by atoms with Crippen LogP contribution in [-0.4, -0.2) is 17.5 Å². The summed E-state index contributed by atoms with van der Waals surface area (Å²) >= 11 is 0. The molecule has 0 aromatic heterocycles. The number of hydrogen-bond donors (Lipinski definition) is 1. The summed E-state index contributed by atoms with van der Waals surface area (Å²) < 4.78 is 33.2. The molecule has 2 aliphatic carbocycles. The van der Waals surface area contributed by atoms with Crippen molar-refractivity contribution in [2.24, 2.45) is 16.7 Å². The molecule has 6 aliphatic heterocycles. The van der Waals surface area contributed by atoms with E-state index >= 15 is 0 Å². The van der Waals surface area contributed by atoms with E-state index in [0.717, 1.165) is 72.5 Å². The van der Waals surface area contributed by atoms with Crippen molar-refractivity contribution in [3.05, 3.63) is 112 Å². The Morgan fingerprint density at radius 2 is 1.45 bits per heavy atom. The van der Waals surface area contributed by atoms with Gasteiger partial charge in [-0.1, -0.05) is 63.6 Å². The van der Waals surface area contributed by atoms with Crippen LogP contribution in [0, 0.1) is 16.7 Å². The molecular weight excluding hydrogens is 612 g/mol. The zero-order valence-electron chi connectivity index (χ0n) is 28.6. The second kappa shape index (κ2) is 11.5. The number of benzene rings is 4. The molecule has 8 aliphatic rings. The molecule has 6 heteroatoms. The molecule has 0 saturated heterocycles. The van der Waals surface area contributed by atoms with E-state index in [0.29, 0.717) is 28.9 Å². The Balaban J connectivity index is 1.07. The highest BCUT2D eigenvalue weighted by Gasteiger charge is 2.55. The smallest absolute Gasteiger partial charge is 0.281 e. The minimum absolute atomic E-state index is 0.128. The molecule has 4 atom stereocenters. The molecule has 1 N–H and O–H groups in total. The van der Waals surface area contributed by atoms with Crippen LogP contribution in [0.4, 0.5) is 0 Å². The van der Waals surface area contributed by atoms with Gasteiger partial charge < -0.3 is 28.8 Å². The van der Waals surface area contributed by atoms with Gasteiger partial charge in [0, 0.05) is 12.0 Å². The van der Waals surface area contributed by atoms with Crippen LogP contribution in [-0.2, 0) is 30.4 Å². The van der Waals surface area contributed by atoms with Gasteiger partial charge >= 0.3 is 0 Å². The molecule has 6 nitrogen and oxygen atoms in total. The van der Waals surface area contributed by atoms with Crippen molar-refractivity contribution in [3.63, 3.8) is 0 Å². The second-order valence-electron chi connectivity index (χ2n) is 15.7. The molecule has 0 amide bonds. The third kappa shape index (κ3) is 5.50. The molecule has 4 aromatic carbocycles. The van der Waals surface area contributed by atoms with E-state index in [1.165, 1.54) is 30.4 Å². The van der Waals surface area contributed by atoms with Crippen LogP contribution in [0.15, 0.2) is 90.2 Å². The first kappa shape index (κ1) is 30.5. The van der Waals surface area contributed by atoms with Crippen molar-refractivity contribution in [1.82, 2.24) is 0 Å². The third-order valence-corrected chi connectivity index (χ3v) is 11.9. The monoisotopic (exact) mass is 656 g/mol. The predicted octanol–water partition coefficient (Wildman–Crippen LogP) is 10.2. The molecule has 1 saturated carbocycles. The van der Waals surface area contributed by atoms with E-state index in [-0.39, 0.29) is 22.7 Å². The van der Waals surface area contributed by atoms with Gasteiger partial charge in [0.15, 0.2) is 29.1 Å². The quantitative estimate of drug-likeness (QED) is 0.203.